The molecule has 0 saturated carbocycles. The van der Waals surface area contributed by atoms with Crippen LogP contribution in [0, 0.1) is 0 Å². The average Bonchev–Trinajstić information content (AvgIpc) is 1.85. The van der Waals surface area contributed by atoms with Crippen molar-refractivity contribution < 1.29 is 14.4 Å². The van der Waals surface area contributed by atoms with Gasteiger partial charge in [-0.2, -0.15) is 0 Å². The van der Waals surface area contributed by atoms with Crippen LogP contribution in [0.2, 0.25) is 0 Å². The molecule has 5 heteroatoms. The van der Waals surface area contributed by atoms with Crippen molar-refractivity contribution in [2.75, 3.05) is 19.3 Å². The van der Waals surface area contributed by atoms with Crippen LogP contribution in [-0.2, 0) is 4.57 Å². The number of unbranched alkanes of at least 4 members (excludes halogenated alkanes) is 1. The van der Waals surface area contributed by atoms with E-state index in [4.69, 9.17) is 9.79 Å². The SMILES string of the molecule is CCCCNCCP(=O)(O)O. The fourth-order valence-corrected chi connectivity index (χ4v) is 1.10. The first-order valence-corrected chi connectivity index (χ1v) is 5.61. The largest absolute Gasteiger partial charge is 0.326 e. The second-order valence-electron chi connectivity index (χ2n) is 2.49. The van der Waals surface area contributed by atoms with Crippen LogP contribution in [0.3, 0.4) is 0 Å². The van der Waals surface area contributed by atoms with Gasteiger partial charge in [-0.1, -0.05) is 13.3 Å². The average molecular weight is 181 g/mol. The number of hydrogen-bond acceptors (Lipinski definition) is 2. The summed E-state index contributed by atoms with van der Waals surface area (Å²) in [6.07, 6.45) is 2.10. The molecular formula is C6H16NO3P. The molecule has 0 radical (unpaired) electrons. The summed E-state index contributed by atoms with van der Waals surface area (Å²) in [5.74, 6) is 0. The van der Waals surface area contributed by atoms with Gasteiger partial charge in [-0.05, 0) is 13.0 Å². The van der Waals surface area contributed by atoms with E-state index in [-0.39, 0.29) is 6.16 Å². The molecule has 0 aliphatic carbocycles. The fraction of sp³-hybridized carbons (Fsp3) is 1.00. The molecule has 0 saturated heterocycles. The summed E-state index contributed by atoms with van der Waals surface area (Å²) < 4.78 is 10.3. The standard InChI is InChI=1S/C6H16NO3P/c1-2-3-4-7-5-6-11(8,9)10/h7H,2-6H2,1H3,(H2,8,9,10). The molecule has 11 heavy (non-hydrogen) atoms. The highest BCUT2D eigenvalue weighted by molar-refractivity contribution is 7.51. The number of hydrogen-bond donors (Lipinski definition) is 3. The van der Waals surface area contributed by atoms with Gasteiger partial charge in [-0.3, -0.25) is 4.57 Å². The predicted octanol–water partition coefficient (Wildman–Crippen LogP) is 0.554. The van der Waals surface area contributed by atoms with Crippen LogP contribution < -0.4 is 5.32 Å². The van der Waals surface area contributed by atoms with E-state index in [1.165, 1.54) is 0 Å². The zero-order chi connectivity index (χ0) is 8.74. The Balaban J connectivity index is 3.09. The van der Waals surface area contributed by atoms with Gasteiger partial charge in [0.15, 0.2) is 0 Å². The van der Waals surface area contributed by atoms with Crippen molar-refractivity contribution in [3.05, 3.63) is 0 Å². The van der Waals surface area contributed by atoms with Gasteiger partial charge in [0.05, 0.1) is 6.16 Å². The summed E-state index contributed by atoms with van der Waals surface area (Å²) in [6, 6.07) is 0. The maximum Gasteiger partial charge on any atom is 0.326 e. The first-order valence-electron chi connectivity index (χ1n) is 3.81. The van der Waals surface area contributed by atoms with Crippen LogP contribution >= 0.6 is 7.60 Å². The van der Waals surface area contributed by atoms with Crippen molar-refractivity contribution in [3.8, 4) is 0 Å². The Morgan fingerprint density at radius 1 is 1.36 bits per heavy atom. The fourth-order valence-electron chi connectivity index (χ4n) is 0.651. The van der Waals surface area contributed by atoms with Gasteiger partial charge in [0, 0.05) is 6.54 Å². The Morgan fingerprint density at radius 2 is 2.00 bits per heavy atom. The van der Waals surface area contributed by atoms with Gasteiger partial charge in [0.25, 0.3) is 0 Å². The van der Waals surface area contributed by atoms with E-state index < -0.39 is 7.60 Å². The third kappa shape index (κ3) is 10.1. The van der Waals surface area contributed by atoms with Gasteiger partial charge in [-0.15, -0.1) is 0 Å². The predicted molar refractivity (Wildman–Crippen MR) is 44.7 cm³/mol. The summed E-state index contributed by atoms with van der Waals surface area (Å²) in [6.45, 7) is 3.32. The van der Waals surface area contributed by atoms with Crippen molar-refractivity contribution in [3.63, 3.8) is 0 Å². The number of rotatable bonds is 6. The highest BCUT2D eigenvalue weighted by Gasteiger charge is 2.10. The van der Waals surface area contributed by atoms with Gasteiger partial charge >= 0.3 is 7.60 Å². The maximum absolute atomic E-state index is 10.3. The van der Waals surface area contributed by atoms with E-state index in [2.05, 4.69) is 12.2 Å². The molecule has 0 aliphatic heterocycles. The molecule has 0 atom stereocenters. The van der Waals surface area contributed by atoms with Crippen molar-refractivity contribution >= 4 is 7.60 Å². The molecule has 0 heterocycles. The van der Waals surface area contributed by atoms with Crippen LogP contribution in [0.15, 0.2) is 0 Å². The van der Waals surface area contributed by atoms with E-state index in [1.54, 1.807) is 0 Å². The number of nitrogens with one attached hydrogen (secondary N) is 1. The van der Waals surface area contributed by atoms with Crippen molar-refractivity contribution in [2.45, 2.75) is 19.8 Å². The molecule has 0 fully saturated rings. The van der Waals surface area contributed by atoms with Crippen LogP contribution in [0.25, 0.3) is 0 Å². The molecular weight excluding hydrogens is 165 g/mol. The van der Waals surface area contributed by atoms with Gasteiger partial charge in [0.2, 0.25) is 0 Å². The van der Waals surface area contributed by atoms with Crippen molar-refractivity contribution in [1.29, 1.82) is 0 Å². The second kappa shape index (κ2) is 5.72. The Labute approximate surface area is 67.2 Å². The Hall–Kier alpha value is 0.110. The lowest BCUT2D eigenvalue weighted by Crippen LogP contribution is -2.19. The van der Waals surface area contributed by atoms with Crippen LogP contribution in [-0.4, -0.2) is 29.0 Å². The van der Waals surface area contributed by atoms with E-state index in [0.717, 1.165) is 19.4 Å². The highest BCUT2D eigenvalue weighted by atomic mass is 31.2. The maximum atomic E-state index is 10.3. The topological polar surface area (TPSA) is 69.6 Å². The molecule has 0 aromatic heterocycles. The van der Waals surface area contributed by atoms with E-state index in [1.807, 2.05) is 0 Å². The van der Waals surface area contributed by atoms with E-state index in [0.29, 0.717) is 6.54 Å². The minimum absolute atomic E-state index is 0.0588. The van der Waals surface area contributed by atoms with Gasteiger partial charge in [0.1, 0.15) is 0 Å². The molecule has 3 N–H and O–H groups in total. The Bertz CT molecular complexity index is 134. The first kappa shape index (κ1) is 11.1. The smallest absolute Gasteiger partial charge is 0.324 e. The molecule has 0 unspecified atom stereocenters. The molecule has 0 amide bonds. The Kier molecular flexibility index (Phi) is 5.78. The van der Waals surface area contributed by atoms with Gasteiger partial charge < -0.3 is 15.1 Å². The van der Waals surface area contributed by atoms with Crippen molar-refractivity contribution in [2.24, 2.45) is 0 Å². The molecule has 0 spiro atoms. The third-order valence-electron chi connectivity index (χ3n) is 1.29. The molecule has 0 bridgehead atoms. The monoisotopic (exact) mass is 181 g/mol. The molecule has 68 valence electrons. The quantitative estimate of drug-likeness (QED) is 0.413. The summed E-state index contributed by atoms with van der Waals surface area (Å²) in [5, 5.41) is 2.95. The molecule has 0 rings (SSSR count). The minimum Gasteiger partial charge on any atom is -0.324 e. The summed E-state index contributed by atoms with van der Waals surface area (Å²) in [4.78, 5) is 16.9. The molecule has 0 aliphatic rings. The minimum atomic E-state index is -3.78. The van der Waals surface area contributed by atoms with Crippen LogP contribution in [0.4, 0.5) is 0 Å². The zero-order valence-electron chi connectivity index (χ0n) is 6.79. The van der Waals surface area contributed by atoms with Crippen LogP contribution in [0.1, 0.15) is 19.8 Å². The zero-order valence-corrected chi connectivity index (χ0v) is 7.68. The summed E-state index contributed by atoms with van der Waals surface area (Å²) in [5.41, 5.74) is 0. The first-order chi connectivity index (χ1) is 5.06. The lowest BCUT2D eigenvalue weighted by Gasteiger charge is -2.04. The second-order valence-corrected chi connectivity index (χ2v) is 4.27. The molecule has 0 aromatic carbocycles. The van der Waals surface area contributed by atoms with Crippen LogP contribution in [0.5, 0.6) is 0 Å². The van der Waals surface area contributed by atoms with Gasteiger partial charge in [-0.25, -0.2) is 0 Å². The summed E-state index contributed by atoms with van der Waals surface area (Å²) in [7, 11) is -3.78. The molecule has 4 nitrogen and oxygen atoms in total. The molecule has 0 aromatic rings. The van der Waals surface area contributed by atoms with E-state index >= 15 is 0 Å². The highest BCUT2D eigenvalue weighted by Crippen LogP contribution is 2.32. The Morgan fingerprint density at radius 3 is 2.45 bits per heavy atom. The lowest BCUT2D eigenvalue weighted by atomic mass is 10.3. The van der Waals surface area contributed by atoms with E-state index in [9.17, 15) is 4.57 Å². The normalized spacial score (nSPS) is 11.9. The summed E-state index contributed by atoms with van der Waals surface area (Å²) >= 11 is 0. The van der Waals surface area contributed by atoms with Crippen molar-refractivity contribution in [1.82, 2.24) is 5.32 Å². The third-order valence-corrected chi connectivity index (χ3v) is 2.09. The lowest BCUT2D eigenvalue weighted by molar-refractivity contribution is 0.372.